The standard InChI is InChI=1S/C67H43NO/c1-3-15-50-43(13-1)25-26-46-39-45(30-35-51(46)50)42-27-32-48(33-28-42)68(64-24-12-8-16-52(64)47-31-38-65-59(40-47)58-36-29-44-14-2-4-17-53(44)66(58)69-65)49-34-37-57-56-20-7-11-23-62(56)67(63(57)41-49)60-21-9-5-18-54(60)55-19-6-10-22-61(55)67/h2-12,14-41H,1,13H2. The van der Waals surface area contributed by atoms with Gasteiger partial charge in [0.25, 0.3) is 0 Å². The average molecular weight is 878 g/mol. The summed E-state index contributed by atoms with van der Waals surface area (Å²) in [7, 11) is 0. The molecule has 3 aliphatic rings. The molecule has 2 nitrogen and oxygen atoms in total. The van der Waals surface area contributed by atoms with Gasteiger partial charge in [0, 0.05) is 33.1 Å². The number of benzene rings is 11. The van der Waals surface area contributed by atoms with Crippen LogP contribution in [0.3, 0.4) is 0 Å². The molecule has 12 aromatic rings. The fraction of sp³-hybridized carbons (Fsp3) is 0.0448. The van der Waals surface area contributed by atoms with Crippen molar-refractivity contribution in [3.63, 3.8) is 0 Å². The summed E-state index contributed by atoms with van der Waals surface area (Å²) in [6.45, 7) is 0. The van der Waals surface area contributed by atoms with Gasteiger partial charge in [0.1, 0.15) is 11.2 Å². The van der Waals surface area contributed by atoms with Gasteiger partial charge in [-0.25, -0.2) is 0 Å². The molecule has 0 aliphatic heterocycles. The lowest BCUT2D eigenvalue weighted by molar-refractivity contribution is 0.672. The molecule has 322 valence electrons. The Bertz CT molecular complexity index is 4090. The number of nitrogens with zero attached hydrogens (tertiary/aromatic N) is 1. The number of allylic oxidation sites excluding steroid dienone is 1. The molecule has 0 unspecified atom stereocenters. The fourth-order valence-electron chi connectivity index (χ4n) is 12.5. The highest BCUT2D eigenvalue weighted by atomic mass is 16.3. The lowest BCUT2D eigenvalue weighted by Crippen LogP contribution is -2.26. The van der Waals surface area contributed by atoms with Crippen LogP contribution in [0.4, 0.5) is 17.1 Å². The van der Waals surface area contributed by atoms with Crippen molar-refractivity contribution in [2.75, 3.05) is 4.90 Å². The zero-order valence-corrected chi connectivity index (χ0v) is 37.8. The highest BCUT2D eigenvalue weighted by Crippen LogP contribution is 2.63. The van der Waals surface area contributed by atoms with Gasteiger partial charge in [-0.05, 0) is 156 Å². The first-order valence-corrected chi connectivity index (χ1v) is 24.2. The highest BCUT2D eigenvalue weighted by molar-refractivity contribution is 6.16. The van der Waals surface area contributed by atoms with Gasteiger partial charge in [0.2, 0.25) is 0 Å². The molecule has 0 radical (unpaired) electrons. The van der Waals surface area contributed by atoms with Crippen molar-refractivity contribution in [1.82, 2.24) is 0 Å². The molecule has 1 heterocycles. The summed E-state index contributed by atoms with van der Waals surface area (Å²) in [4.78, 5) is 2.48. The predicted octanol–water partition coefficient (Wildman–Crippen LogP) is 18.0. The quantitative estimate of drug-likeness (QED) is 0.171. The minimum atomic E-state index is -0.465. The molecular formula is C67H43NO. The Kier molecular flexibility index (Phi) is 8.15. The van der Waals surface area contributed by atoms with Crippen molar-refractivity contribution in [2.45, 2.75) is 18.3 Å². The first-order chi connectivity index (χ1) is 34.2. The number of rotatable bonds is 5. The van der Waals surface area contributed by atoms with Crippen LogP contribution in [0.25, 0.3) is 94.1 Å². The third kappa shape index (κ3) is 5.49. The molecule has 0 atom stereocenters. The molecule has 3 aliphatic carbocycles. The Morgan fingerprint density at radius 1 is 0.391 bits per heavy atom. The molecule has 1 spiro atoms. The summed E-state index contributed by atoms with van der Waals surface area (Å²) in [5, 5.41) is 7.15. The summed E-state index contributed by atoms with van der Waals surface area (Å²) in [6, 6.07) is 83.7. The SMILES string of the molecule is C1=Cc2c(ccc3cc(-c4ccc(N(c5ccc6c(c5)C5(c7ccccc7-c7ccccc75)c5ccccc5-6)c5ccccc5-c5ccc6oc7c8ccccc8ccc7c6c5)cc4)ccc23)CC1. The van der Waals surface area contributed by atoms with Crippen molar-refractivity contribution in [3.05, 3.63) is 264 Å². The van der Waals surface area contributed by atoms with Crippen LogP contribution >= 0.6 is 0 Å². The maximum absolute atomic E-state index is 6.62. The van der Waals surface area contributed by atoms with Gasteiger partial charge in [0.05, 0.1) is 11.1 Å². The third-order valence-electron chi connectivity index (χ3n) is 15.5. The Labute approximate surface area is 400 Å². The molecule has 0 bridgehead atoms. The molecule has 0 amide bonds. The van der Waals surface area contributed by atoms with Crippen LogP contribution in [0.2, 0.25) is 0 Å². The van der Waals surface area contributed by atoms with Crippen LogP contribution in [0.1, 0.15) is 39.8 Å². The number of aryl methyl sites for hydroxylation is 1. The zero-order chi connectivity index (χ0) is 45.2. The minimum Gasteiger partial charge on any atom is -0.455 e. The summed E-state index contributed by atoms with van der Waals surface area (Å²) in [6.07, 6.45) is 6.84. The molecule has 69 heavy (non-hydrogen) atoms. The van der Waals surface area contributed by atoms with E-state index in [0.717, 1.165) is 68.4 Å². The predicted molar refractivity (Wildman–Crippen MR) is 288 cm³/mol. The lowest BCUT2D eigenvalue weighted by Gasteiger charge is -2.32. The van der Waals surface area contributed by atoms with Crippen LogP contribution in [0.5, 0.6) is 0 Å². The van der Waals surface area contributed by atoms with Gasteiger partial charge < -0.3 is 9.32 Å². The van der Waals surface area contributed by atoms with Gasteiger partial charge in [0.15, 0.2) is 0 Å². The van der Waals surface area contributed by atoms with E-state index in [-0.39, 0.29) is 0 Å². The van der Waals surface area contributed by atoms with Crippen LogP contribution in [0, 0.1) is 0 Å². The summed E-state index contributed by atoms with van der Waals surface area (Å²) in [5.41, 5.74) is 22.6. The molecule has 0 N–H and O–H groups in total. The van der Waals surface area contributed by atoms with E-state index >= 15 is 0 Å². The summed E-state index contributed by atoms with van der Waals surface area (Å²) < 4.78 is 6.62. The van der Waals surface area contributed by atoms with Gasteiger partial charge >= 0.3 is 0 Å². The van der Waals surface area contributed by atoms with E-state index in [4.69, 9.17) is 4.42 Å². The zero-order valence-electron chi connectivity index (χ0n) is 37.8. The molecular weight excluding hydrogens is 835 g/mol. The van der Waals surface area contributed by atoms with Gasteiger partial charge in [-0.15, -0.1) is 0 Å². The van der Waals surface area contributed by atoms with E-state index in [2.05, 4.69) is 242 Å². The molecule has 2 heteroatoms. The van der Waals surface area contributed by atoms with E-state index in [0.29, 0.717) is 0 Å². The maximum Gasteiger partial charge on any atom is 0.143 e. The van der Waals surface area contributed by atoms with Gasteiger partial charge in [-0.1, -0.05) is 182 Å². The van der Waals surface area contributed by atoms with Crippen LogP contribution < -0.4 is 4.90 Å². The van der Waals surface area contributed by atoms with Crippen LogP contribution in [0.15, 0.2) is 235 Å². The number of hydrogen-bond donors (Lipinski definition) is 0. The fourth-order valence-corrected chi connectivity index (χ4v) is 12.5. The van der Waals surface area contributed by atoms with E-state index in [1.165, 1.54) is 82.9 Å². The van der Waals surface area contributed by atoms with Crippen molar-refractivity contribution >= 4 is 66.6 Å². The normalized spacial score (nSPS) is 13.7. The second-order valence-electron chi connectivity index (χ2n) is 19.0. The molecule has 1 aromatic heterocycles. The second kappa shape index (κ2) is 14.6. The smallest absolute Gasteiger partial charge is 0.143 e. The largest absolute Gasteiger partial charge is 0.455 e. The van der Waals surface area contributed by atoms with E-state index in [1.807, 2.05) is 0 Å². The Balaban J connectivity index is 0.932. The van der Waals surface area contributed by atoms with Crippen molar-refractivity contribution < 1.29 is 4.42 Å². The van der Waals surface area contributed by atoms with Crippen LogP contribution in [-0.4, -0.2) is 0 Å². The van der Waals surface area contributed by atoms with Crippen molar-refractivity contribution in [3.8, 4) is 44.5 Å². The number of furan rings is 1. The second-order valence-corrected chi connectivity index (χ2v) is 19.0. The first kappa shape index (κ1) is 38.4. The topological polar surface area (TPSA) is 16.4 Å². The van der Waals surface area contributed by atoms with Crippen molar-refractivity contribution in [2.24, 2.45) is 0 Å². The molecule has 11 aromatic carbocycles. The Morgan fingerprint density at radius 2 is 1.01 bits per heavy atom. The summed E-state index contributed by atoms with van der Waals surface area (Å²) in [5.74, 6) is 0. The van der Waals surface area contributed by atoms with E-state index in [1.54, 1.807) is 0 Å². The number of fused-ring (bicyclic) bond motifs is 18. The molecule has 0 saturated heterocycles. The van der Waals surface area contributed by atoms with Crippen LogP contribution in [-0.2, 0) is 11.8 Å². The number of hydrogen-bond acceptors (Lipinski definition) is 2. The monoisotopic (exact) mass is 877 g/mol. The minimum absolute atomic E-state index is 0.465. The first-order valence-electron chi connectivity index (χ1n) is 24.2. The highest BCUT2D eigenvalue weighted by Gasteiger charge is 2.51. The number of anilines is 3. The van der Waals surface area contributed by atoms with Gasteiger partial charge in [-0.2, -0.15) is 0 Å². The third-order valence-corrected chi connectivity index (χ3v) is 15.5. The maximum atomic E-state index is 6.62. The Morgan fingerprint density at radius 3 is 1.80 bits per heavy atom. The van der Waals surface area contributed by atoms with Gasteiger partial charge in [-0.3, -0.25) is 0 Å². The molecule has 0 fully saturated rings. The summed E-state index contributed by atoms with van der Waals surface area (Å²) >= 11 is 0. The Hall–Kier alpha value is -8.72. The van der Waals surface area contributed by atoms with E-state index < -0.39 is 5.41 Å². The van der Waals surface area contributed by atoms with E-state index in [9.17, 15) is 0 Å². The average Bonchev–Trinajstić information content (AvgIpc) is 4.05. The molecule has 15 rings (SSSR count). The molecule has 0 saturated carbocycles. The van der Waals surface area contributed by atoms with Crippen molar-refractivity contribution in [1.29, 1.82) is 0 Å². The lowest BCUT2D eigenvalue weighted by atomic mass is 9.70. The number of para-hydroxylation sites is 1.